The molecule has 0 radical (unpaired) electrons. The molecule has 1 saturated heterocycles. The van der Waals surface area contributed by atoms with Crippen LogP contribution in [-0.2, 0) is 13.8 Å². The zero-order chi connectivity index (χ0) is 10.2. The van der Waals surface area contributed by atoms with Crippen LogP contribution in [0.5, 0.6) is 0 Å². The molecule has 0 spiro atoms. The van der Waals surface area contributed by atoms with Crippen LogP contribution in [0, 0.1) is 0 Å². The third kappa shape index (κ3) is 2.72. The molecule has 1 aliphatic rings. The largest absolute Gasteiger partial charge is 0.472 e. The molecule has 0 aromatic carbocycles. The molecule has 4 N–H and O–H groups in total. The molecular weight excluding hydrogens is 203 g/mol. The van der Waals surface area contributed by atoms with E-state index in [2.05, 4.69) is 4.52 Å². The van der Waals surface area contributed by atoms with Gasteiger partial charge in [-0.15, -0.1) is 0 Å². The van der Waals surface area contributed by atoms with E-state index in [1.165, 1.54) is 6.92 Å². The first-order valence-electron chi connectivity index (χ1n) is 3.57. The fourth-order valence-corrected chi connectivity index (χ4v) is 1.48. The summed E-state index contributed by atoms with van der Waals surface area (Å²) in [7, 11) is -4.70. The summed E-state index contributed by atoms with van der Waals surface area (Å²) in [5.41, 5.74) is 0. The van der Waals surface area contributed by atoms with Crippen molar-refractivity contribution in [3.8, 4) is 0 Å². The zero-order valence-electron chi connectivity index (χ0n) is 6.77. The number of hydrogen-bond acceptors (Lipinski definition) is 5. The fraction of sp³-hybridized carbons (Fsp3) is 1.00. The van der Waals surface area contributed by atoms with Gasteiger partial charge in [-0.1, -0.05) is 0 Å². The molecule has 0 saturated carbocycles. The SMILES string of the molecule is C[C@H]1OC(OP(=O)(O)O)[C@H](O)[C@@H]1O. The minimum Gasteiger partial charge on any atom is -0.388 e. The summed E-state index contributed by atoms with van der Waals surface area (Å²) < 4.78 is 19.2. The minimum absolute atomic E-state index is 0.716. The quantitative estimate of drug-likeness (QED) is 0.416. The third-order valence-electron chi connectivity index (χ3n) is 1.70. The van der Waals surface area contributed by atoms with Gasteiger partial charge in [-0.3, -0.25) is 4.52 Å². The molecular formula is C5H11O7P. The molecule has 1 fully saturated rings. The van der Waals surface area contributed by atoms with E-state index in [4.69, 9.17) is 24.7 Å². The van der Waals surface area contributed by atoms with Crippen molar-refractivity contribution in [1.29, 1.82) is 0 Å². The van der Waals surface area contributed by atoms with Crippen molar-refractivity contribution in [1.82, 2.24) is 0 Å². The van der Waals surface area contributed by atoms with Gasteiger partial charge in [0.15, 0.2) is 6.29 Å². The van der Waals surface area contributed by atoms with Crippen molar-refractivity contribution in [2.75, 3.05) is 0 Å². The first-order chi connectivity index (χ1) is 5.81. The van der Waals surface area contributed by atoms with Gasteiger partial charge in [0.25, 0.3) is 0 Å². The molecule has 0 aromatic heterocycles. The van der Waals surface area contributed by atoms with Gasteiger partial charge >= 0.3 is 7.82 Å². The molecule has 78 valence electrons. The van der Waals surface area contributed by atoms with E-state index >= 15 is 0 Å². The maximum Gasteiger partial charge on any atom is 0.472 e. The predicted molar refractivity (Wildman–Crippen MR) is 39.5 cm³/mol. The summed E-state index contributed by atoms with van der Waals surface area (Å²) in [5, 5.41) is 18.3. The molecule has 1 unspecified atom stereocenters. The lowest BCUT2D eigenvalue weighted by Crippen LogP contribution is -2.32. The zero-order valence-corrected chi connectivity index (χ0v) is 7.66. The van der Waals surface area contributed by atoms with E-state index < -0.39 is 32.4 Å². The van der Waals surface area contributed by atoms with Gasteiger partial charge in [-0.05, 0) is 6.92 Å². The second-order valence-corrected chi connectivity index (χ2v) is 3.98. The Morgan fingerprint density at radius 2 is 1.85 bits per heavy atom. The molecule has 0 aromatic rings. The van der Waals surface area contributed by atoms with Crippen LogP contribution in [0.3, 0.4) is 0 Å². The molecule has 1 aliphatic heterocycles. The van der Waals surface area contributed by atoms with E-state index in [0.29, 0.717) is 0 Å². The molecule has 1 rings (SSSR count). The first-order valence-corrected chi connectivity index (χ1v) is 5.10. The summed E-state index contributed by atoms with van der Waals surface area (Å²) in [4.78, 5) is 16.8. The maximum atomic E-state index is 10.3. The predicted octanol–water partition coefficient (Wildman–Crippen LogP) is -1.44. The van der Waals surface area contributed by atoms with Gasteiger partial charge < -0.3 is 24.7 Å². The Hall–Kier alpha value is -0.0100. The number of rotatable bonds is 2. The van der Waals surface area contributed by atoms with Crippen LogP contribution < -0.4 is 0 Å². The standard InChI is InChI=1S/C5H11O7P/c1-2-3(6)4(7)5(11-2)12-13(8,9)10/h2-7H,1H3,(H2,8,9,10)/t2-,3-,4-,5?/m1/s1. The van der Waals surface area contributed by atoms with Gasteiger partial charge in [0, 0.05) is 0 Å². The molecule has 8 heteroatoms. The van der Waals surface area contributed by atoms with Gasteiger partial charge in [-0.2, -0.15) is 0 Å². The van der Waals surface area contributed by atoms with Crippen molar-refractivity contribution >= 4 is 7.82 Å². The van der Waals surface area contributed by atoms with E-state index in [-0.39, 0.29) is 0 Å². The van der Waals surface area contributed by atoms with Crippen molar-refractivity contribution in [2.24, 2.45) is 0 Å². The number of aliphatic hydroxyl groups excluding tert-OH is 2. The smallest absolute Gasteiger partial charge is 0.388 e. The highest BCUT2D eigenvalue weighted by Crippen LogP contribution is 2.40. The lowest BCUT2D eigenvalue weighted by atomic mass is 10.2. The van der Waals surface area contributed by atoms with Crippen LogP contribution in [-0.4, -0.2) is 44.6 Å². The van der Waals surface area contributed by atoms with E-state index in [0.717, 1.165) is 0 Å². The number of phosphoric ester groups is 1. The Balaban J connectivity index is 2.59. The monoisotopic (exact) mass is 214 g/mol. The highest BCUT2D eigenvalue weighted by Gasteiger charge is 2.43. The summed E-state index contributed by atoms with van der Waals surface area (Å²) in [5.74, 6) is 0. The van der Waals surface area contributed by atoms with E-state index in [1.807, 2.05) is 0 Å². The minimum atomic E-state index is -4.70. The maximum absolute atomic E-state index is 10.3. The number of phosphoric acid groups is 1. The first kappa shape index (κ1) is 11.1. The highest BCUT2D eigenvalue weighted by atomic mass is 31.2. The molecule has 0 bridgehead atoms. The highest BCUT2D eigenvalue weighted by molar-refractivity contribution is 7.46. The molecule has 0 aliphatic carbocycles. The van der Waals surface area contributed by atoms with Crippen molar-refractivity contribution in [3.05, 3.63) is 0 Å². The van der Waals surface area contributed by atoms with Crippen LogP contribution in [0.25, 0.3) is 0 Å². The lowest BCUT2D eigenvalue weighted by molar-refractivity contribution is -0.117. The van der Waals surface area contributed by atoms with Crippen molar-refractivity contribution < 1.29 is 33.8 Å². The van der Waals surface area contributed by atoms with Crippen LogP contribution >= 0.6 is 7.82 Å². The Bertz CT molecular complexity index is 225. The molecule has 1 heterocycles. The van der Waals surface area contributed by atoms with Gasteiger partial charge in [0.1, 0.15) is 12.2 Å². The third-order valence-corrected chi connectivity index (χ3v) is 2.18. The summed E-state index contributed by atoms with van der Waals surface area (Å²) in [6, 6.07) is 0. The molecule has 4 atom stereocenters. The van der Waals surface area contributed by atoms with E-state index in [9.17, 15) is 4.57 Å². The molecule has 0 amide bonds. The van der Waals surface area contributed by atoms with Gasteiger partial charge in [0.05, 0.1) is 6.10 Å². The average molecular weight is 214 g/mol. The van der Waals surface area contributed by atoms with Crippen molar-refractivity contribution in [3.63, 3.8) is 0 Å². The summed E-state index contributed by atoms with van der Waals surface area (Å²) >= 11 is 0. The fourth-order valence-electron chi connectivity index (χ4n) is 1.03. The van der Waals surface area contributed by atoms with E-state index in [1.54, 1.807) is 0 Å². The Morgan fingerprint density at radius 1 is 1.31 bits per heavy atom. The van der Waals surface area contributed by atoms with Crippen molar-refractivity contribution in [2.45, 2.75) is 31.5 Å². The van der Waals surface area contributed by atoms with Gasteiger partial charge in [-0.25, -0.2) is 4.57 Å². The second-order valence-electron chi connectivity index (χ2n) is 2.79. The summed E-state index contributed by atoms with van der Waals surface area (Å²) in [6.45, 7) is 1.46. The number of aliphatic hydroxyl groups is 2. The summed E-state index contributed by atoms with van der Waals surface area (Å²) in [6.07, 6.45) is -4.84. The van der Waals surface area contributed by atoms with Crippen LogP contribution in [0.1, 0.15) is 6.92 Å². The topological polar surface area (TPSA) is 116 Å². The van der Waals surface area contributed by atoms with Crippen LogP contribution in [0.4, 0.5) is 0 Å². The Morgan fingerprint density at radius 3 is 2.15 bits per heavy atom. The van der Waals surface area contributed by atoms with Gasteiger partial charge in [0.2, 0.25) is 0 Å². The normalized spacial score (nSPS) is 41.0. The second kappa shape index (κ2) is 3.62. The Labute approximate surface area is 74.1 Å². The molecule has 7 nitrogen and oxygen atoms in total. The number of hydrogen-bond donors (Lipinski definition) is 4. The average Bonchev–Trinajstić information content (AvgIpc) is 2.15. The lowest BCUT2D eigenvalue weighted by Gasteiger charge is -2.15. The van der Waals surface area contributed by atoms with Crippen LogP contribution in [0.2, 0.25) is 0 Å². The number of ether oxygens (including phenoxy) is 1. The van der Waals surface area contributed by atoms with Crippen LogP contribution in [0.15, 0.2) is 0 Å². The molecule has 13 heavy (non-hydrogen) atoms. The Kier molecular flexibility index (Phi) is 3.09.